The summed E-state index contributed by atoms with van der Waals surface area (Å²) in [6.07, 6.45) is 0. The van der Waals surface area contributed by atoms with Crippen LogP contribution < -0.4 is 4.90 Å². The summed E-state index contributed by atoms with van der Waals surface area (Å²) in [7, 11) is 0. The van der Waals surface area contributed by atoms with Crippen molar-refractivity contribution in [1.29, 1.82) is 0 Å². The van der Waals surface area contributed by atoms with E-state index in [1.807, 2.05) is 24.3 Å². The summed E-state index contributed by atoms with van der Waals surface area (Å²) in [5.41, 5.74) is 10.8. The molecule has 1 aliphatic heterocycles. The van der Waals surface area contributed by atoms with Crippen LogP contribution in [-0.4, -0.2) is 19.9 Å². The summed E-state index contributed by atoms with van der Waals surface area (Å²) in [5, 5.41) is 3.21. The number of nitrogens with zero attached hydrogens (tertiary/aromatic N) is 4. The lowest BCUT2D eigenvalue weighted by molar-refractivity contribution is 0.667. The number of hydrogen-bond donors (Lipinski definition) is 1. The van der Waals surface area contributed by atoms with Crippen LogP contribution in [0.4, 0.5) is 17.2 Å². The molecule has 1 aliphatic rings. The molecule has 0 spiro atoms. The number of pyridine rings is 1. The zero-order valence-electron chi connectivity index (χ0n) is 23.9. The van der Waals surface area contributed by atoms with Gasteiger partial charge in [0.1, 0.15) is 22.6 Å². The molecule has 0 unspecified atom stereocenters. The van der Waals surface area contributed by atoms with E-state index in [-0.39, 0.29) is 0 Å². The molecule has 6 heteroatoms. The minimum Gasteiger partial charge on any atom is -0.452 e. The highest BCUT2D eigenvalue weighted by molar-refractivity contribution is 6.17. The molecule has 9 aromatic rings. The molecule has 0 saturated carbocycles. The number of furan rings is 1. The number of nitrogens with one attached hydrogen (secondary N) is 1. The van der Waals surface area contributed by atoms with E-state index in [1.165, 1.54) is 0 Å². The van der Waals surface area contributed by atoms with Gasteiger partial charge in [-0.3, -0.25) is 4.90 Å². The number of aromatic nitrogens is 4. The van der Waals surface area contributed by atoms with Gasteiger partial charge in [-0.05, 0) is 48.5 Å². The van der Waals surface area contributed by atoms with Crippen molar-refractivity contribution in [3.8, 4) is 33.9 Å². The minimum absolute atomic E-state index is 0.629. The third-order valence-electron chi connectivity index (χ3n) is 8.76. The molecule has 0 aliphatic carbocycles. The number of hydrogen-bond acceptors (Lipinski definition) is 5. The molecule has 0 amide bonds. The van der Waals surface area contributed by atoms with Crippen molar-refractivity contribution >= 4 is 61.1 Å². The van der Waals surface area contributed by atoms with E-state index in [9.17, 15) is 0 Å². The maximum Gasteiger partial charge on any atom is 0.180 e. The zero-order chi connectivity index (χ0) is 29.5. The summed E-state index contributed by atoms with van der Waals surface area (Å²) in [4.78, 5) is 21.7. The van der Waals surface area contributed by atoms with E-state index in [4.69, 9.17) is 19.4 Å². The number of benzene rings is 5. The molecule has 210 valence electrons. The lowest BCUT2D eigenvalue weighted by Gasteiger charge is -2.25. The van der Waals surface area contributed by atoms with Crippen molar-refractivity contribution < 1.29 is 4.42 Å². The Hall–Kier alpha value is -6.27. The minimum atomic E-state index is 0.629. The van der Waals surface area contributed by atoms with Gasteiger partial charge in [0.05, 0.1) is 16.7 Å². The summed E-state index contributed by atoms with van der Waals surface area (Å²) in [5.74, 6) is 1.45. The van der Waals surface area contributed by atoms with Crippen LogP contribution in [0.15, 0.2) is 138 Å². The highest BCUT2D eigenvalue weighted by Crippen LogP contribution is 2.42. The third kappa shape index (κ3) is 3.53. The number of rotatable bonds is 1. The standard InChI is InChI=1S/C39H23N5O/c1-2-11-24(12-3-1)44-25-13-6-10-23(22-25)39-42-36-29-14-4-5-20-32(29)45-38(36)37(43-39)30-18-8-16-27-26-15-7-17-28(34(26)41-35(27)30)31-19-9-21-33(44)40-31/h1-22,41H. The van der Waals surface area contributed by atoms with Crippen molar-refractivity contribution in [2.24, 2.45) is 0 Å². The van der Waals surface area contributed by atoms with E-state index >= 15 is 0 Å². The maximum atomic E-state index is 6.50. The quantitative estimate of drug-likeness (QED) is 0.210. The van der Waals surface area contributed by atoms with Crippen LogP contribution >= 0.6 is 0 Å². The second-order valence-corrected chi connectivity index (χ2v) is 11.4. The number of para-hydroxylation sites is 4. The van der Waals surface area contributed by atoms with Crippen LogP contribution in [0.5, 0.6) is 0 Å². The van der Waals surface area contributed by atoms with Crippen LogP contribution in [-0.2, 0) is 0 Å². The fourth-order valence-corrected chi connectivity index (χ4v) is 6.73. The predicted molar refractivity (Wildman–Crippen MR) is 181 cm³/mol. The second-order valence-electron chi connectivity index (χ2n) is 11.4. The first kappa shape index (κ1) is 24.2. The van der Waals surface area contributed by atoms with Crippen molar-refractivity contribution in [2.45, 2.75) is 0 Å². The number of aromatic amines is 1. The summed E-state index contributed by atoms with van der Waals surface area (Å²) >= 11 is 0. The van der Waals surface area contributed by atoms with Gasteiger partial charge in [0, 0.05) is 44.2 Å². The van der Waals surface area contributed by atoms with Crippen molar-refractivity contribution in [2.75, 3.05) is 4.90 Å². The summed E-state index contributed by atoms with van der Waals surface area (Å²) < 4.78 is 6.50. The smallest absolute Gasteiger partial charge is 0.180 e. The molecule has 10 rings (SSSR count). The molecule has 0 fully saturated rings. The van der Waals surface area contributed by atoms with Crippen LogP contribution in [0.3, 0.4) is 0 Å². The van der Waals surface area contributed by atoms with Gasteiger partial charge in [0.25, 0.3) is 0 Å². The Morgan fingerprint density at radius 1 is 0.556 bits per heavy atom. The first-order valence-electron chi connectivity index (χ1n) is 15.0. The zero-order valence-corrected chi connectivity index (χ0v) is 23.9. The van der Waals surface area contributed by atoms with Crippen LogP contribution in [0, 0.1) is 0 Å². The van der Waals surface area contributed by atoms with Crippen molar-refractivity contribution in [3.05, 3.63) is 133 Å². The lowest BCUT2D eigenvalue weighted by atomic mass is 10.0. The molecule has 1 N–H and O–H groups in total. The highest BCUT2D eigenvalue weighted by atomic mass is 16.3. The maximum absolute atomic E-state index is 6.50. The molecular weight excluding hydrogens is 554 g/mol. The van der Waals surface area contributed by atoms with E-state index in [1.54, 1.807) is 0 Å². The Bertz CT molecular complexity index is 2620. The third-order valence-corrected chi connectivity index (χ3v) is 8.76. The van der Waals surface area contributed by atoms with Crippen LogP contribution in [0.1, 0.15) is 0 Å². The molecule has 8 bridgehead atoms. The fourth-order valence-electron chi connectivity index (χ4n) is 6.73. The molecule has 45 heavy (non-hydrogen) atoms. The van der Waals surface area contributed by atoms with Gasteiger partial charge < -0.3 is 9.40 Å². The highest BCUT2D eigenvalue weighted by Gasteiger charge is 2.23. The van der Waals surface area contributed by atoms with E-state index in [0.29, 0.717) is 11.4 Å². The van der Waals surface area contributed by atoms with Gasteiger partial charge >= 0.3 is 0 Å². The van der Waals surface area contributed by atoms with Gasteiger partial charge in [-0.2, -0.15) is 0 Å². The van der Waals surface area contributed by atoms with Crippen molar-refractivity contribution in [3.63, 3.8) is 0 Å². The Morgan fingerprint density at radius 2 is 1.27 bits per heavy atom. The van der Waals surface area contributed by atoms with Gasteiger partial charge in [-0.15, -0.1) is 0 Å². The van der Waals surface area contributed by atoms with Gasteiger partial charge in [-0.1, -0.05) is 84.9 Å². The Kier molecular flexibility index (Phi) is 4.90. The van der Waals surface area contributed by atoms with Crippen LogP contribution in [0.2, 0.25) is 0 Å². The Balaban J connectivity index is 1.39. The van der Waals surface area contributed by atoms with Crippen LogP contribution in [0.25, 0.3) is 77.8 Å². The molecule has 5 heterocycles. The lowest BCUT2D eigenvalue weighted by Crippen LogP contribution is -2.12. The molecule has 0 atom stereocenters. The average Bonchev–Trinajstić information content (AvgIpc) is 3.67. The Morgan fingerprint density at radius 3 is 2.16 bits per heavy atom. The largest absolute Gasteiger partial charge is 0.452 e. The molecular formula is C39H23N5O. The van der Waals surface area contributed by atoms with Gasteiger partial charge in [0.15, 0.2) is 11.4 Å². The fraction of sp³-hybridized carbons (Fsp3) is 0. The number of fused-ring (bicyclic) bond motifs is 14. The monoisotopic (exact) mass is 577 g/mol. The summed E-state index contributed by atoms with van der Waals surface area (Å²) in [6.45, 7) is 0. The van der Waals surface area contributed by atoms with E-state index in [2.05, 4.69) is 119 Å². The first-order valence-corrected chi connectivity index (χ1v) is 15.0. The molecule has 0 saturated heterocycles. The normalized spacial score (nSPS) is 12.4. The van der Waals surface area contributed by atoms with Gasteiger partial charge in [-0.25, -0.2) is 15.0 Å². The number of anilines is 3. The summed E-state index contributed by atoms with van der Waals surface area (Å²) in [6, 6.07) is 45.7. The number of H-pyrrole nitrogens is 1. The first-order chi connectivity index (χ1) is 22.3. The molecule has 6 nitrogen and oxygen atoms in total. The average molecular weight is 578 g/mol. The molecule has 4 aromatic heterocycles. The Labute approximate surface area is 257 Å². The SMILES string of the molecule is c1ccc(N2c3cccc(c3)-c3nc(c4oc5ccccc5c4n3)-c3cccc4c3[nH]c3c(cccc34)-c3cccc2n3)cc1. The predicted octanol–water partition coefficient (Wildman–Crippen LogP) is 10.2. The van der Waals surface area contributed by atoms with E-state index < -0.39 is 0 Å². The molecule has 0 radical (unpaired) electrons. The van der Waals surface area contributed by atoms with E-state index in [0.717, 1.165) is 83.6 Å². The molecule has 5 aromatic carbocycles. The van der Waals surface area contributed by atoms with Crippen molar-refractivity contribution in [1.82, 2.24) is 19.9 Å². The second kappa shape index (κ2) is 9.11. The topological polar surface area (TPSA) is 70.8 Å². The van der Waals surface area contributed by atoms with Gasteiger partial charge in [0.2, 0.25) is 0 Å².